The number of thioether (sulfide) groups is 1. The lowest BCUT2D eigenvalue weighted by atomic mass is 9.95. The zero-order valence-corrected chi connectivity index (χ0v) is 15.7. The third kappa shape index (κ3) is 5.05. The van der Waals surface area contributed by atoms with Crippen LogP contribution in [0.2, 0.25) is 0 Å². The molecule has 1 N–H and O–H groups in total. The number of nitrogens with zero attached hydrogens (tertiary/aromatic N) is 2. The van der Waals surface area contributed by atoms with Crippen LogP contribution in [0.4, 0.5) is 0 Å². The third-order valence-electron chi connectivity index (χ3n) is 4.25. The summed E-state index contributed by atoms with van der Waals surface area (Å²) in [5.74, 6) is 1.23. The van der Waals surface area contributed by atoms with E-state index in [0.29, 0.717) is 11.5 Å². The van der Waals surface area contributed by atoms with E-state index < -0.39 is 0 Å². The molecule has 2 heterocycles. The second-order valence-electron chi connectivity index (χ2n) is 6.26. The molecule has 0 spiro atoms. The maximum Gasteiger partial charge on any atom is 0.258 e. The molecule has 26 heavy (non-hydrogen) atoms. The quantitative estimate of drug-likeness (QED) is 0.719. The molecular formula is C21H23N3OS. The Bertz CT molecular complexity index is 802. The van der Waals surface area contributed by atoms with E-state index in [0.717, 1.165) is 28.5 Å². The lowest BCUT2D eigenvalue weighted by Crippen LogP contribution is -2.24. The van der Waals surface area contributed by atoms with Crippen molar-refractivity contribution in [1.82, 2.24) is 15.3 Å². The maximum atomic E-state index is 12.7. The molecule has 2 aromatic heterocycles. The van der Waals surface area contributed by atoms with E-state index >= 15 is 0 Å². The van der Waals surface area contributed by atoms with Crippen molar-refractivity contribution in [3.05, 3.63) is 77.9 Å². The number of nitrogens with one attached hydrogen (secondary N) is 1. The predicted octanol–water partition coefficient (Wildman–Crippen LogP) is 4.76. The molecule has 0 bridgehead atoms. The van der Waals surface area contributed by atoms with Crippen molar-refractivity contribution >= 4 is 17.7 Å². The molecule has 4 nitrogen and oxygen atoms in total. The highest BCUT2D eigenvalue weighted by Crippen LogP contribution is 2.25. The molecule has 1 aliphatic carbocycles. The highest BCUT2D eigenvalue weighted by molar-refractivity contribution is 7.98. The molecule has 0 saturated heterocycles. The molecular weight excluding hydrogens is 342 g/mol. The van der Waals surface area contributed by atoms with Crippen molar-refractivity contribution in [3.63, 3.8) is 0 Å². The maximum absolute atomic E-state index is 12.7. The van der Waals surface area contributed by atoms with Gasteiger partial charge < -0.3 is 5.32 Å². The largest absolute Gasteiger partial charge is 0.322 e. The van der Waals surface area contributed by atoms with Gasteiger partial charge in [-0.05, 0) is 54.7 Å². The van der Waals surface area contributed by atoms with Crippen molar-refractivity contribution in [3.8, 4) is 0 Å². The second kappa shape index (κ2) is 9.34. The summed E-state index contributed by atoms with van der Waals surface area (Å²) in [7, 11) is 0. The average molecular weight is 366 g/mol. The first-order valence-corrected chi connectivity index (χ1v) is 9.91. The van der Waals surface area contributed by atoms with E-state index in [-0.39, 0.29) is 5.91 Å². The van der Waals surface area contributed by atoms with Crippen LogP contribution < -0.4 is 5.32 Å². The number of hydrogen-bond donors (Lipinski definition) is 1. The molecule has 3 rings (SSSR count). The summed E-state index contributed by atoms with van der Waals surface area (Å²) >= 11 is 1.56. The lowest BCUT2D eigenvalue weighted by molar-refractivity contribution is 0.0963. The van der Waals surface area contributed by atoms with E-state index in [9.17, 15) is 4.79 Å². The highest BCUT2D eigenvalue weighted by Gasteiger charge is 2.15. The number of pyridine rings is 2. The minimum absolute atomic E-state index is 0.111. The summed E-state index contributed by atoms with van der Waals surface area (Å²) in [5.41, 5.74) is 2.63. The fourth-order valence-corrected chi connectivity index (χ4v) is 3.80. The van der Waals surface area contributed by atoms with E-state index in [1.54, 1.807) is 36.4 Å². The van der Waals surface area contributed by atoms with Crippen molar-refractivity contribution in [2.24, 2.45) is 5.92 Å². The number of hydrogen-bond acceptors (Lipinski definition) is 4. The number of rotatable bonds is 7. The standard InChI is InChI=1S/C21H23N3OS/c1-2-4-16-6-8-18(9-7-16)24-20(25)19-5-3-12-23-21(19)26-15-17-10-13-22-14-11-17/h3,5-6,8-14,16H,2,4,7,15H2,1H3,(H,24,25). The summed E-state index contributed by atoms with van der Waals surface area (Å²) in [5, 5.41) is 3.75. The van der Waals surface area contributed by atoms with Crippen LogP contribution in [0, 0.1) is 5.92 Å². The van der Waals surface area contributed by atoms with Gasteiger partial charge in [-0.25, -0.2) is 4.98 Å². The molecule has 0 aromatic carbocycles. The van der Waals surface area contributed by atoms with Crippen LogP contribution in [0.5, 0.6) is 0 Å². The zero-order valence-electron chi connectivity index (χ0n) is 14.9. The van der Waals surface area contributed by atoms with Crippen molar-refractivity contribution in [1.29, 1.82) is 0 Å². The predicted molar refractivity (Wildman–Crippen MR) is 106 cm³/mol. The van der Waals surface area contributed by atoms with Gasteiger partial charge in [0.15, 0.2) is 0 Å². The highest BCUT2D eigenvalue weighted by atomic mass is 32.2. The minimum atomic E-state index is -0.111. The molecule has 1 atom stereocenters. The van der Waals surface area contributed by atoms with Crippen LogP contribution in [0.3, 0.4) is 0 Å². The Balaban J connectivity index is 1.64. The average Bonchev–Trinajstić information content (AvgIpc) is 2.69. The summed E-state index contributed by atoms with van der Waals surface area (Å²) in [6.07, 6.45) is 14.9. The van der Waals surface area contributed by atoms with Crippen molar-refractivity contribution in [2.75, 3.05) is 0 Å². The first-order chi connectivity index (χ1) is 12.8. The van der Waals surface area contributed by atoms with Crippen molar-refractivity contribution in [2.45, 2.75) is 37.0 Å². The molecule has 0 fully saturated rings. The molecule has 5 heteroatoms. The number of allylic oxidation sites excluding steroid dienone is 3. The lowest BCUT2D eigenvalue weighted by Gasteiger charge is -2.16. The van der Waals surface area contributed by atoms with Gasteiger partial charge in [0.1, 0.15) is 5.03 Å². The van der Waals surface area contributed by atoms with E-state index in [4.69, 9.17) is 0 Å². The van der Waals surface area contributed by atoms with E-state index in [1.165, 1.54) is 12.8 Å². The fraction of sp³-hybridized carbons (Fsp3) is 0.286. The smallest absolute Gasteiger partial charge is 0.258 e. The fourth-order valence-electron chi connectivity index (χ4n) is 2.85. The zero-order chi connectivity index (χ0) is 18.2. The molecule has 1 amide bonds. The number of aromatic nitrogens is 2. The Hall–Kier alpha value is -2.40. The first-order valence-electron chi connectivity index (χ1n) is 8.92. The van der Waals surface area contributed by atoms with Gasteiger partial charge in [0, 0.05) is 30.0 Å². The molecule has 2 aromatic rings. The summed E-state index contributed by atoms with van der Waals surface area (Å²) in [4.78, 5) is 21.1. The topological polar surface area (TPSA) is 54.9 Å². The van der Waals surface area contributed by atoms with Gasteiger partial charge in [-0.3, -0.25) is 9.78 Å². The summed E-state index contributed by atoms with van der Waals surface area (Å²) in [6.45, 7) is 2.20. The molecule has 134 valence electrons. The summed E-state index contributed by atoms with van der Waals surface area (Å²) < 4.78 is 0. The monoisotopic (exact) mass is 365 g/mol. The van der Waals surface area contributed by atoms with Gasteiger partial charge in [-0.1, -0.05) is 25.5 Å². The number of carbonyl (C=O) groups is 1. The minimum Gasteiger partial charge on any atom is -0.322 e. The van der Waals surface area contributed by atoms with E-state index in [1.807, 2.05) is 24.3 Å². The van der Waals surface area contributed by atoms with Gasteiger partial charge in [-0.2, -0.15) is 0 Å². The third-order valence-corrected chi connectivity index (χ3v) is 5.32. The second-order valence-corrected chi connectivity index (χ2v) is 7.22. The Morgan fingerprint density at radius 1 is 1.27 bits per heavy atom. The Labute approximate surface area is 158 Å². The van der Waals surface area contributed by atoms with Crippen LogP contribution in [0.15, 0.2) is 71.8 Å². The van der Waals surface area contributed by atoms with Crippen LogP contribution in [0.1, 0.15) is 42.1 Å². The van der Waals surface area contributed by atoms with Gasteiger partial charge >= 0.3 is 0 Å². The van der Waals surface area contributed by atoms with Crippen LogP contribution in [-0.2, 0) is 5.75 Å². The van der Waals surface area contributed by atoms with Crippen molar-refractivity contribution < 1.29 is 4.79 Å². The van der Waals surface area contributed by atoms with Crippen LogP contribution in [-0.4, -0.2) is 15.9 Å². The van der Waals surface area contributed by atoms with Gasteiger partial charge in [0.05, 0.1) is 5.56 Å². The summed E-state index contributed by atoms with van der Waals surface area (Å²) in [6, 6.07) is 7.57. The Kier molecular flexibility index (Phi) is 6.61. The van der Waals surface area contributed by atoms with Crippen LogP contribution >= 0.6 is 11.8 Å². The molecule has 1 aliphatic rings. The first kappa shape index (κ1) is 18.4. The SMILES string of the molecule is CCCC1C=CC(NC(=O)c2cccnc2SCc2ccncc2)=CC1. The Morgan fingerprint density at radius 3 is 2.85 bits per heavy atom. The number of amides is 1. The van der Waals surface area contributed by atoms with Crippen LogP contribution in [0.25, 0.3) is 0 Å². The molecule has 0 saturated carbocycles. The number of carbonyl (C=O) groups excluding carboxylic acids is 1. The van der Waals surface area contributed by atoms with Gasteiger partial charge in [-0.15, -0.1) is 11.8 Å². The molecule has 0 aliphatic heterocycles. The normalized spacial score (nSPS) is 16.2. The van der Waals surface area contributed by atoms with Gasteiger partial charge in [0.2, 0.25) is 0 Å². The molecule has 1 unspecified atom stereocenters. The van der Waals surface area contributed by atoms with Gasteiger partial charge in [0.25, 0.3) is 5.91 Å². The Morgan fingerprint density at radius 2 is 2.12 bits per heavy atom. The van der Waals surface area contributed by atoms with E-state index in [2.05, 4.69) is 34.4 Å². The molecule has 0 radical (unpaired) electrons.